The van der Waals surface area contributed by atoms with Crippen molar-refractivity contribution in [2.75, 3.05) is 13.7 Å². The van der Waals surface area contributed by atoms with Gasteiger partial charge in [0.05, 0.1) is 0 Å². The van der Waals surface area contributed by atoms with Crippen LogP contribution in [0.15, 0.2) is 53.0 Å². The summed E-state index contributed by atoms with van der Waals surface area (Å²) in [5.41, 5.74) is 1.99. The van der Waals surface area contributed by atoms with E-state index in [-0.39, 0.29) is 18.4 Å². The van der Waals surface area contributed by atoms with Crippen molar-refractivity contribution >= 4 is 27.7 Å². The van der Waals surface area contributed by atoms with Gasteiger partial charge in [-0.1, -0.05) is 53.2 Å². The maximum absolute atomic E-state index is 12.9. The normalized spacial score (nSPS) is 11.6. The topological polar surface area (TPSA) is 58.6 Å². The van der Waals surface area contributed by atoms with Crippen LogP contribution in [0, 0.1) is 6.92 Å². The summed E-state index contributed by atoms with van der Waals surface area (Å²) in [7, 11) is 1.58. The van der Waals surface area contributed by atoms with Crippen LogP contribution >= 0.6 is 15.9 Å². The molecule has 144 valence electrons. The number of hydrogen-bond donors (Lipinski definition) is 1. The summed E-state index contributed by atoms with van der Waals surface area (Å²) < 4.78 is 6.67. The fraction of sp³-hybridized carbons (Fsp3) is 0.333. The summed E-state index contributed by atoms with van der Waals surface area (Å²) in [6.45, 7) is 4.08. The van der Waals surface area contributed by atoms with Crippen LogP contribution in [0.2, 0.25) is 0 Å². The van der Waals surface area contributed by atoms with E-state index in [0.29, 0.717) is 18.7 Å². The van der Waals surface area contributed by atoms with Crippen molar-refractivity contribution in [2.45, 2.75) is 32.9 Å². The Kier molecular flexibility index (Phi) is 7.85. The second kappa shape index (κ2) is 10.1. The third-order valence-corrected chi connectivity index (χ3v) is 5.21. The zero-order valence-corrected chi connectivity index (χ0v) is 17.5. The molecule has 2 rings (SSSR count). The fourth-order valence-corrected chi connectivity index (χ4v) is 3.05. The van der Waals surface area contributed by atoms with Crippen LogP contribution < -0.4 is 10.1 Å². The second-order valence-electron chi connectivity index (χ2n) is 6.25. The van der Waals surface area contributed by atoms with Gasteiger partial charge in [-0.25, -0.2) is 0 Å². The lowest BCUT2D eigenvalue weighted by molar-refractivity contribution is -0.142. The highest BCUT2D eigenvalue weighted by molar-refractivity contribution is 9.10. The molecule has 0 bridgehead atoms. The Hall–Kier alpha value is -2.34. The molecule has 2 amide bonds. The van der Waals surface area contributed by atoms with Crippen LogP contribution in [-0.2, 0) is 16.1 Å². The van der Waals surface area contributed by atoms with Crippen molar-refractivity contribution in [1.82, 2.24) is 10.2 Å². The zero-order chi connectivity index (χ0) is 19.8. The summed E-state index contributed by atoms with van der Waals surface area (Å²) in [5.74, 6) is 0.216. The molecule has 0 saturated carbocycles. The summed E-state index contributed by atoms with van der Waals surface area (Å²) in [6, 6.07) is 14.7. The minimum Gasteiger partial charge on any atom is -0.484 e. The summed E-state index contributed by atoms with van der Waals surface area (Å²) in [5, 5.41) is 2.65. The average molecular weight is 433 g/mol. The van der Waals surface area contributed by atoms with Crippen molar-refractivity contribution in [3.63, 3.8) is 0 Å². The Balaban J connectivity index is 2.16. The van der Waals surface area contributed by atoms with Crippen molar-refractivity contribution in [3.8, 4) is 5.75 Å². The van der Waals surface area contributed by atoms with Gasteiger partial charge in [0.2, 0.25) is 5.91 Å². The number of nitrogens with one attached hydrogen (secondary N) is 1. The molecule has 1 atom stereocenters. The molecule has 1 N–H and O–H groups in total. The van der Waals surface area contributed by atoms with E-state index in [1.165, 1.54) is 0 Å². The maximum atomic E-state index is 12.9. The van der Waals surface area contributed by atoms with Crippen LogP contribution in [0.5, 0.6) is 5.75 Å². The van der Waals surface area contributed by atoms with Gasteiger partial charge in [-0.15, -0.1) is 0 Å². The van der Waals surface area contributed by atoms with E-state index < -0.39 is 6.04 Å². The van der Waals surface area contributed by atoms with Gasteiger partial charge in [0.15, 0.2) is 6.61 Å². The number of amides is 2. The number of carbonyl (C=O) groups is 2. The number of rotatable bonds is 8. The molecule has 0 aliphatic heterocycles. The highest BCUT2D eigenvalue weighted by Crippen LogP contribution is 2.22. The lowest BCUT2D eigenvalue weighted by Gasteiger charge is -2.30. The Morgan fingerprint density at radius 2 is 1.89 bits per heavy atom. The molecule has 0 aromatic heterocycles. The van der Waals surface area contributed by atoms with Gasteiger partial charge in [-0.2, -0.15) is 0 Å². The summed E-state index contributed by atoms with van der Waals surface area (Å²) >= 11 is 3.45. The van der Waals surface area contributed by atoms with Crippen LogP contribution in [-0.4, -0.2) is 36.4 Å². The quantitative estimate of drug-likeness (QED) is 0.691. The lowest BCUT2D eigenvalue weighted by atomic mass is 10.1. The number of halogens is 1. The third kappa shape index (κ3) is 5.82. The van der Waals surface area contributed by atoms with E-state index in [2.05, 4.69) is 21.2 Å². The summed E-state index contributed by atoms with van der Waals surface area (Å²) in [6.07, 6.45) is 0.523. The van der Waals surface area contributed by atoms with Gasteiger partial charge in [0.25, 0.3) is 5.91 Å². The van der Waals surface area contributed by atoms with Gasteiger partial charge >= 0.3 is 0 Å². The average Bonchev–Trinajstić information content (AvgIpc) is 2.69. The van der Waals surface area contributed by atoms with E-state index in [4.69, 9.17) is 4.74 Å². The van der Waals surface area contributed by atoms with Crippen molar-refractivity contribution in [1.29, 1.82) is 0 Å². The minimum absolute atomic E-state index is 0.124. The largest absolute Gasteiger partial charge is 0.484 e. The molecule has 0 heterocycles. The molecule has 0 fully saturated rings. The van der Waals surface area contributed by atoms with E-state index >= 15 is 0 Å². The predicted octanol–water partition coefficient (Wildman–Crippen LogP) is 3.69. The number of carbonyl (C=O) groups excluding carboxylic acids is 2. The van der Waals surface area contributed by atoms with E-state index in [1.54, 1.807) is 11.9 Å². The molecule has 2 aromatic carbocycles. The number of ether oxygens (including phenoxy) is 1. The van der Waals surface area contributed by atoms with Crippen molar-refractivity contribution < 1.29 is 14.3 Å². The Labute approximate surface area is 168 Å². The smallest absolute Gasteiger partial charge is 0.261 e. The Bertz CT molecular complexity index is 780. The van der Waals surface area contributed by atoms with Gasteiger partial charge in [-0.05, 0) is 42.7 Å². The van der Waals surface area contributed by atoms with E-state index in [0.717, 1.165) is 15.6 Å². The lowest BCUT2D eigenvalue weighted by Crippen LogP contribution is -2.49. The Morgan fingerprint density at radius 1 is 1.19 bits per heavy atom. The first-order valence-corrected chi connectivity index (χ1v) is 9.69. The first kappa shape index (κ1) is 21.0. The molecule has 0 aliphatic carbocycles. The predicted molar refractivity (Wildman–Crippen MR) is 110 cm³/mol. The highest BCUT2D eigenvalue weighted by atomic mass is 79.9. The maximum Gasteiger partial charge on any atom is 0.261 e. The molecule has 0 aliphatic rings. The van der Waals surface area contributed by atoms with Crippen molar-refractivity contribution in [3.05, 3.63) is 64.1 Å². The molecule has 1 unspecified atom stereocenters. The van der Waals surface area contributed by atoms with Gasteiger partial charge in [-0.3, -0.25) is 9.59 Å². The van der Waals surface area contributed by atoms with E-state index in [9.17, 15) is 9.59 Å². The SMILES string of the molecule is CCC(C(=O)NC)N(Cc1ccccc1)C(=O)COc1ccc(Br)c(C)c1. The number of nitrogens with zero attached hydrogens (tertiary/aromatic N) is 1. The third-order valence-electron chi connectivity index (χ3n) is 4.32. The minimum atomic E-state index is -0.544. The molecule has 2 aromatic rings. The number of likely N-dealkylation sites (N-methyl/N-ethyl adjacent to an activating group) is 1. The molecular formula is C21H25BrN2O3. The van der Waals surface area contributed by atoms with Gasteiger partial charge in [0.1, 0.15) is 11.8 Å². The first-order valence-electron chi connectivity index (χ1n) is 8.90. The van der Waals surface area contributed by atoms with Gasteiger partial charge < -0.3 is 15.0 Å². The van der Waals surface area contributed by atoms with E-state index in [1.807, 2.05) is 62.4 Å². The zero-order valence-electron chi connectivity index (χ0n) is 15.9. The molecule has 0 saturated heterocycles. The molecule has 0 spiro atoms. The van der Waals surface area contributed by atoms with Crippen LogP contribution in [0.4, 0.5) is 0 Å². The van der Waals surface area contributed by atoms with Crippen LogP contribution in [0.25, 0.3) is 0 Å². The van der Waals surface area contributed by atoms with Crippen LogP contribution in [0.3, 0.4) is 0 Å². The highest BCUT2D eigenvalue weighted by Gasteiger charge is 2.28. The van der Waals surface area contributed by atoms with Crippen LogP contribution in [0.1, 0.15) is 24.5 Å². The Morgan fingerprint density at radius 3 is 2.48 bits per heavy atom. The van der Waals surface area contributed by atoms with Gasteiger partial charge in [0, 0.05) is 18.1 Å². The molecule has 0 radical (unpaired) electrons. The molecule has 6 heteroatoms. The summed E-state index contributed by atoms with van der Waals surface area (Å²) in [4.78, 5) is 26.8. The van der Waals surface area contributed by atoms with Crippen molar-refractivity contribution in [2.24, 2.45) is 0 Å². The first-order chi connectivity index (χ1) is 13.0. The molecule has 5 nitrogen and oxygen atoms in total. The molecule has 27 heavy (non-hydrogen) atoms. The number of aryl methyl sites for hydroxylation is 1. The number of hydrogen-bond acceptors (Lipinski definition) is 3. The second-order valence-corrected chi connectivity index (χ2v) is 7.10. The standard InChI is InChI=1S/C21H25BrN2O3/c1-4-19(21(26)23-3)24(13-16-8-6-5-7-9-16)20(25)14-27-17-10-11-18(22)15(2)12-17/h5-12,19H,4,13-14H2,1-3H3,(H,23,26). The fourth-order valence-electron chi connectivity index (χ4n) is 2.80. The number of benzene rings is 2. The molecular weight excluding hydrogens is 408 g/mol. The monoisotopic (exact) mass is 432 g/mol.